The number of carbonyl (C=O) groups is 1. The van der Waals surface area contributed by atoms with Gasteiger partial charge in [-0.2, -0.15) is 0 Å². The predicted molar refractivity (Wildman–Crippen MR) is 80.1 cm³/mol. The molecule has 0 aromatic rings. The summed E-state index contributed by atoms with van der Waals surface area (Å²) < 4.78 is 15.6. The molecule has 0 saturated heterocycles. The van der Waals surface area contributed by atoms with Gasteiger partial charge in [-0.3, -0.25) is 4.79 Å². The molecule has 0 aromatic carbocycles. The summed E-state index contributed by atoms with van der Waals surface area (Å²) in [6.07, 6.45) is -5.97. The number of hydrogen-bond donors (Lipinski definition) is 6. The summed E-state index contributed by atoms with van der Waals surface area (Å²) in [5.41, 5.74) is 2.62. The summed E-state index contributed by atoms with van der Waals surface area (Å²) in [6.45, 7) is -0.861. The van der Waals surface area contributed by atoms with Crippen LogP contribution in [-0.2, 0) is 18.1 Å². The van der Waals surface area contributed by atoms with Crippen LogP contribution >= 0.6 is 0 Å². The molecule has 0 aliphatic rings. The molecule has 0 spiro atoms. The maximum absolute atomic E-state index is 11.5. The van der Waals surface area contributed by atoms with Crippen molar-refractivity contribution in [2.24, 2.45) is 5.73 Å². The van der Waals surface area contributed by atoms with Crippen molar-refractivity contribution in [1.29, 1.82) is 0 Å². The van der Waals surface area contributed by atoms with Gasteiger partial charge in [0, 0.05) is 27.4 Å². The third-order valence-corrected chi connectivity index (χ3v) is 6.63. The lowest BCUT2D eigenvalue weighted by Gasteiger charge is -2.34. The molecule has 23 heavy (non-hydrogen) atoms. The van der Waals surface area contributed by atoms with Crippen molar-refractivity contribution >= 4 is 14.7 Å². The van der Waals surface area contributed by atoms with Crippen molar-refractivity contribution in [2.45, 2.75) is 42.8 Å². The van der Waals surface area contributed by atoms with Crippen LogP contribution in [0.25, 0.3) is 0 Å². The summed E-state index contributed by atoms with van der Waals surface area (Å²) in [6, 6.07) is 0.220. The van der Waals surface area contributed by atoms with E-state index in [-0.39, 0.29) is 18.9 Å². The minimum absolute atomic E-state index is 0.125. The van der Waals surface area contributed by atoms with E-state index in [1.165, 1.54) is 21.3 Å². The number of carbonyl (C=O) groups excluding carboxylic acids is 1. The lowest BCUT2D eigenvalue weighted by Crippen LogP contribution is -2.60. The Labute approximate surface area is 135 Å². The maximum Gasteiger partial charge on any atom is 0.500 e. The van der Waals surface area contributed by atoms with Crippen LogP contribution in [0.3, 0.4) is 0 Å². The lowest BCUT2D eigenvalue weighted by atomic mass is 9.86. The Kier molecular flexibility index (Phi) is 9.35. The highest BCUT2D eigenvalue weighted by atomic mass is 28.4. The summed E-state index contributed by atoms with van der Waals surface area (Å²) in [4.78, 5) is 11.5. The highest BCUT2D eigenvalue weighted by molar-refractivity contribution is 6.60. The van der Waals surface area contributed by atoms with E-state index in [0.717, 1.165) is 0 Å². The van der Waals surface area contributed by atoms with Crippen molar-refractivity contribution in [3.8, 4) is 0 Å². The van der Waals surface area contributed by atoms with Gasteiger partial charge in [0.1, 0.15) is 18.3 Å². The second-order valence-corrected chi connectivity index (χ2v) is 8.21. The van der Waals surface area contributed by atoms with Crippen LogP contribution in [0.4, 0.5) is 0 Å². The number of amides is 1. The fourth-order valence-corrected chi connectivity index (χ4v) is 3.87. The maximum atomic E-state index is 11.5. The van der Waals surface area contributed by atoms with Crippen molar-refractivity contribution in [1.82, 2.24) is 0 Å². The van der Waals surface area contributed by atoms with Crippen LogP contribution in [0.2, 0.25) is 6.04 Å². The van der Waals surface area contributed by atoms with E-state index >= 15 is 0 Å². The first kappa shape index (κ1) is 22.4. The first-order chi connectivity index (χ1) is 10.6. The molecule has 0 bridgehead atoms. The summed E-state index contributed by atoms with van der Waals surface area (Å²) in [5.74, 6) is -1.27. The van der Waals surface area contributed by atoms with E-state index in [1.54, 1.807) is 0 Å². The second kappa shape index (κ2) is 9.61. The smallest absolute Gasteiger partial charge is 0.394 e. The van der Waals surface area contributed by atoms with E-state index in [1.807, 2.05) is 0 Å². The zero-order valence-corrected chi connectivity index (χ0v) is 14.5. The molecule has 7 N–H and O–H groups in total. The van der Waals surface area contributed by atoms with Gasteiger partial charge in [0.15, 0.2) is 5.60 Å². The molecule has 4 atom stereocenters. The molecule has 0 rings (SSSR count). The summed E-state index contributed by atoms with van der Waals surface area (Å²) >= 11 is 0. The summed E-state index contributed by atoms with van der Waals surface area (Å²) in [7, 11) is 1.26. The average molecular weight is 357 g/mol. The molecular weight excluding hydrogens is 330 g/mol. The van der Waals surface area contributed by atoms with Crippen molar-refractivity contribution in [3.05, 3.63) is 0 Å². The standard InChI is InChI=1S/C12H27NO9Si/c1-20-23(21-2,22-3)6-4-5-12(19,11(13)18)10(17)9(16)8(15)7-14/h8-10,14-17,19H,4-7H2,1-3H3,(H2,13,18)/t8-,9-,10+,12-/m1/s1. The van der Waals surface area contributed by atoms with Gasteiger partial charge in [-0.05, 0) is 12.8 Å². The first-order valence-electron chi connectivity index (χ1n) is 6.97. The van der Waals surface area contributed by atoms with E-state index in [2.05, 4.69) is 0 Å². The molecule has 0 fully saturated rings. The van der Waals surface area contributed by atoms with Crippen LogP contribution in [0, 0.1) is 0 Å². The molecule has 0 saturated carbocycles. The van der Waals surface area contributed by atoms with Gasteiger partial charge in [-0.25, -0.2) is 0 Å². The van der Waals surface area contributed by atoms with Crippen LogP contribution in [0.5, 0.6) is 0 Å². The number of primary amides is 1. The molecule has 0 unspecified atom stereocenters. The zero-order chi connectivity index (χ0) is 18.3. The highest BCUT2D eigenvalue weighted by Crippen LogP contribution is 2.25. The Balaban J connectivity index is 5.01. The fourth-order valence-electron chi connectivity index (χ4n) is 2.15. The van der Waals surface area contributed by atoms with Gasteiger partial charge < -0.3 is 44.5 Å². The van der Waals surface area contributed by atoms with Crippen LogP contribution in [-0.4, -0.2) is 92.1 Å². The number of aliphatic hydroxyl groups excluding tert-OH is 4. The van der Waals surface area contributed by atoms with E-state index in [9.17, 15) is 25.2 Å². The second-order valence-electron chi connectivity index (χ2n) is 5.12. The molecule has 11 heteroatoms. The quantitative estimate of drug-likeness (QED) is 0.198. The van der Waals surface area contributed by atoms with Gasteiger partial charge in [0.05, 0.1) is 6.61 Å². The molecule has 0 heterocycles. The van der Waals surface area contributed by atoms with Gasteiger partial charge in [-0.15, -0.1) is 0 Å². The van der Waals surface area contributed by atoms with E-state index in [0.29, 0.717) is 0 Å². The molecule has 0 radical (unpaired) electrons. The summed E-state index contributed by atoms with van der Waals surface area (Å²) in [5, 5.41) is 48.0. The third kappa shape index (κ3) is 5.44. The normalized spacial score (nSPS) is 19.0. The predicted octanol–water partition coefficient (Wildman–Crippen LogP) is -3.06. The largest absolute Gasteiger partial charge is 0.500 e. The first-order valence-corrected chi connectivity index (χ1v) is 8.90. The molecule has 0 aliphatic heterocycles. The monoisotopic (exact) mass is 357 g/mol. The van der Waals surface area contributed by atoms with E-state index < -0.39 is 45.2 Å². The van der Waals surface area contributed by atoms with Crippen molar-refractivity contribution in [2.75, 3.05) is 27.9 Å². The Hall–Kier alpha value is -0.633. The van der Waals surface area contributed by atoms with E-state index in [4.69, 9.17) is 24.1 Å². The molecule has 138 valence electrons. The number of nitrogens with two attached hydrogens (primary N) is 1. The van der Waals surface area contributed by atoms with Gasteiger partial charge in [0.25, 0.3) is 5.91 Å². The topological polar surface area (TPSA) is 172 Å². The highest BCUT2D eigenvalue weighted by Gasteiger charge is 2.48. The van der Waals surface area contributed by atoms with Crippen LogP contribution in [0.15, 0.2) is 0 Å². The van der Waals surface area contributed by atoms with Crippen molar-refractivity contribution in [3.63, 3.8) is 0 Å². The molecule has 10 nitrogen and oxygen atoms in total. The SMILES string of the molecule is CO[Si](CCC[C@](O)(C(N)=O)[C@@H](O)[C@H](O)[C@H](O)CO)(OC)OC. The zero-order valence-electron chi connectivity index (χ0n) is 13.5. The average Bonchev–Trinajstić information content (AvgIpc) is 2.56. The number of aliphatic hydroxyl groups is 5. The lowest BCUT2D eigenvalue weighted by molar-refractivity contribution is -0.175. The van der Waals surface area contributed by atoms with Crippen molar-refractivity contribution < 1.29 is 43.6 Å². The fraction of sp³-hybridized carbons (Fsp3) is 0.917. The minimum Gasteiger partial charge on any atom is -0.394 e. The Bertz CT molecular complexity index is 360. The van der Waals surface area contributed by atoms with Crippen LogP contribution < -0.4 is 5.73 Å². The Morgan fingerprint density at radius 2 is 1.65 bits per heavy atom. The van der Waals surface area contributed by atoms with Gasteiger partial charge in [-0.1, -0.05) is 0 Å². The molecular formula is C12H27NO9Si. The van der Waals surface area contributed by atoms with Gasteiger partial charge in [0.2, 0.25) is 0 Å². The number of rotatable bonds is 12. The Morgan fingerprint density at radius 3 is 2.00 bits per heavy atom. The molecule has 0 aliphatic carbocycles. The minimum atomic E-state index is -2.94. The Morgan fingerprint density at radius 1 is 1.17 bits per heavy atom. The number of hydrogen-bond acceptors (Lipinski definition) is 9. The molecule has 0 aromatic heterocycles. The third-order valence-electron chi connectivity index (χ3n) is 3.79. The van der Waals surface area contributed by atoms with Crippen LogP contribution in [0.1, 0.15) is 12.8 Å². The molecule has 1 amide bonds. The van der Waals surface area contributed by atoms with Gasteiger partial charge >= 0.3 is 8.80 Å².